The Kier molecular flexibility index (Phi) is 11.2. The van der Waals surface area contributed by atoms with Crippen LogP contribution in [0.1, 0.15) is 11.8 Å². The Balaban J connectivity index is 1.36. The molecule has 0 spiro atoms. The van der Waals surface area contributed by atoms with E-state index >= 15 is 0 Å². The second-order valence-electron chi connectivity index (χ2n) is 10.1. The van der Waals surface area contributed by atoms with Crippen LogP contribution in [-0.2, 0) is 46.3 Å². The van der Waals surface area contributed by atoms with Gasteiger partial charge in [-0.1, -0.05) is 17.7 Å². The van der Waals surface area contributed by atoms with Crippen LogP contribution in [0, 0.1) is 6.92 Å². The van der Waals surface area contributed by atoms with Crippen LogP contribution < -0.4 is 11.2 Å². The van der Waals surface area contributed by atoms with Gasteiger partial charge < -0.3 is 44.8 Å². The van der Waals surface area contributed by atoms with Gasteiger partial charge in [0.2, 0.25) is 0 Å². The number of aliphatic hydroxyl groups is 5. The Morgan fingerprint density at radius 1 is 0.848 bits per heavy atom. The highest BCUT2D eigenvalue weighted by Gasteiger charge is 2.50. The van der Waals surface area contributed by atoms with Crippen molar-refractivity contribution in [2.75, 3.05) is 13.2 Å². The van der Waals surface area contributed by atoms with Gasteiger partial charge in [-0.25, -0.2) is 13.9 Å². The zero-order valence-electron chi connectivity index (χ0n) is 23.4. The van der Waals surface area contributed by atoms with E-state index in [2.05, 4.69) is 13.4 Å². The molecule has 6 unspecified atom stereocenters. The summed E-state index contributed by atoms with van der Waals surface area (Å²) in [5.74, 6) is 0. The van der Waals surface area contributed by atoms with E-state index in [1.165, 1.54) is 24.3 Å². The number of phosphoric ester groups is 2. The molecule has 0 radical (unpaired) electrons. The van der Waals surface area contributed by atoms with E-state index in [9.17, 15) is 62.5 Å². The van der Waals surface area contributed by atoms with Gasteiger partial charge in [-0.15, -0.1) is 0 Å². The van der Waals surface area contributed by atoms with Gasteiger partial charge in [-0.2, -0.15) is 12.7 Å². The maximum absolute atomic E-state index is 12.5. The number of H-pyrrole nitrogens is 1. The monoisotopic (exact) mass is 720 g/mol. The molecule has 0 aliphatic carbocycles. The average molecular weight is 720 g/mol. The van der Waals surface area contributed by atoms with Crippen molar-refractivity contribution < 1.29 is 79.9 Å². The van der Waals surface area contributed by atoms with Crippen molar-refractivity contribution in [3.63, 3.8) is 0 Å². The summed E-state index contributed by atoms with van der Waals surface area (Å²) in [6.45, 7) is -0.359. The smallest absolute Gasteiger partial charge is 0.387 e. The van der Waals surface area contributed by atoms with Gasteiger partial charge >= 0.3 is 21.3 Å². The van der Waals surface area contributed by atoms with Crippen LogP contribution >= 0.6 is 15.6 Å². The van der Waals surface area contributed by atoms with Crippen molar-refractivity contribution in [1.82, 2.24) is 9.55 Å². The van der Waals surface area contributed by atoms with Crippen LogP contribution in [-0.4, -0.2) is 116 Å². The van der Waals surface area contributed by atoms with Crippen LogP contribution in [0.25, 0.3) is 0 Å². The summed E-state index contributed by atoms with van der Waals surface area (Å²) < 4.78 is 79.1. The van der Waals surface area contributed by atoms with Crippen LogP contribution in [0.2, 0.25) is 0 Å². The summed E-state index contributed by atoms with van der Waals surface area (Å²) in [7, 11) is -15.8. The average Bonchev–Trinajstić information content (AvgIpc) is 3.24. The lowest BCUT2D eigenvalue weighted by Gasteiger charge is -2.40. The van der Waals surface area contributed by atoms with E-state index in [0.717, 1.165) is 17.8 Å². The van der Waals surface area contributed by atoms with E-state index in [1.54, 1.807) is 6.92 Å². The molecule has 1 aromatic carbocycles. The Morgan fingerprint density at radius 2 is 1.46 bits per heavy atom. The lowest BCUT2D eigenvalue weighted by molar-refractivity contribution is -0.279. The fourth-order valence-electron chi connectivity index (χ4n) is 4.27. The number of aromatic amines is 1. The second-order valence-corrected chi connectivity index (χ2v) is 14.7. The van der Waals surface area contributed by atoms with Crippen molar-refractivity contribution in [3.8, 4) is 0 Å². The molecule has 24 heteroatoms. The van der Waals surface area contributed by atoms with E-state index in [4.69, 9.17) is 13.7 Å². The molecule has 0 saturated carbocycles. The molecule has 2 aliphatic rings. The number of nitrogens with zero attached hydrogens (tertiary/aromatic N) is 1. The number of rotatable bonds is 12. The quantitative estimate of drug-likeness (QED) is 0.0796. The molecule has 11 atom stereocenters. The third-order valence-electron chi connectivity index (χ3n) is 6.67. The van der Waals surface area contributed by atoms with Gasteiger partial charge in [-0.3, -0.25) is 27.6 Å². The maximum Gasteiger partial charge on any atom is 0.483 e. The summed E-state index contributed by atoms with van der Waals surface area (Å²) in [5.41, 5.74) is -1.05. The van der Waals surface area contributed by atoms with Gasteiger partial charge in [0.15, 0.2) is 12.5 Å². The Hall–Kier alpha value is -2.21. The van der Waals surface area contributed by atoms with Gasteiger partial charge in [0.05, 0.1) is 18.1 Å². The van der Waals surface area contributed by atoms with E-state index in [0.29, 0.717) is 4.57 Å². The van der Waals surface area contributed by atoms with Crippen molar-refractivity contribution in [1.29, 1.82) is 0 Å². The third kappa shape index (κ3) is 8.62. The van der Waals surface area contributed by atoms with Crippen LogP contribution in [0.15, 0.2) is 51.0 Å². The molecule has 0 bridgehead atoms. The van der Waals surface area contributed by atoms with Crippen LogP contribution in [0.3, 0.4) is 0 Å². The first-order valence-corrected chi connectivity index (χ1v) is 17.4. The maximum atomic E-state index is 12.5. The highest BCUT2D eigenvalue weighted by Crippen LogP contribution is 2.61. The molecular formula is C22H30N2O19P2S. The normalized spacial score (nSPS) is 32.9. The Bertz CT molecular complexity index is 1700. The predicted octanol–water partition coefficient (Wildman–Crippen LogP) is -3.07. The fourth-order valence-corrected chi connectivity index (χ4v) is 7.34. The minimum absolute atomic E-state index is 0.269. The molecule has 3 heterocycles. The van der Waals surface area contributed by atoms with E-state index < -0.39 is 105 Å². The zero-order chi connectivity index (χ0) is 34.2. The molecule has 258 valence electrons. The highest BCUT2D eigenvalue weighted by atomic mass is 32.2. The predicted molar refractivity (Wildman–Crippen MR) is 146 cm³/mol. The number of aryl methyl sites for hydroxylation is 1. The lowest BCUT2D eigenvalue weighted by atomic mass is 10.00. The molecule has 4 rings (SSSR count). The largest absolute Gasteiger partial charge is 0.483 e. The molecule has 2 saturated heterocycles. The number of aliphatic hydroxyl groups excluding tert-OH is 5. The number of phosphoric acid groups is 2. The second kappa shape index (κ2) is 14.1. The summed E-state index contributed by atoms with van der Waals surface area (Å²) in [5, 5.41) is 51.1. The number of benzene rings is 1. The lowest BCUT2D eigenvalue weighted by Crippen LogP contribution is -2.59. The Labute approximate surface area is 258 Å². The number of hydrogen-bond acceptors (Lipinski definition) is 17. The van der Waals surface area contributed by atoms with Crippen LogP contribution in [0.5, 0.6) is 0 Å². The van der Waals surface area contributed by atoms with Crippen LogP contribution in [0.4, 0.5) is 0 Å². The summed E-state index contributed by atoms with van der Waals surface area (Å²) in [6, 6.07) is 6.34. The molecule has 2 aliphatic heterocycles. The van der Waals surface area contributed by atoms with Gasteiger partial charge in [-0.05, 0) is 19.1 Å². The third-order valence-corrected chi connectivity index (χ3v) is 10.6. The number of nitrogens with one attached hydrogen (secondary N) is 1. The minimum atomic E-state index is -5.76. The van der Waals surface area contributed by atoms with Gasteiger partial charge in [0.25, 0.3) is 15.7 Å². The molecule has 1 aromatic heterocycles. The van der Waals surface area contributed by atoms with Crippen molar-refractivity contribution >= 4 is 25.8 Å². The van der Waals surface area contributed by atoms with Crippen molar-refractivity contribution in [2.45, 2.75) is 67.1 Å². The first-order chi connectivity index (χ1) is 21.3. The topological polar surface area (TPSA) is 320 Å². The zero-order valence-corrected chi connectivity index (χ0v) is 26.0. The molecule has 8 N–H and O–H groups in total. The Morgan fingerprint density at radius 3 is 2.09 bits per heavy atom. The molecular weight excluding hydrogens is 690 g/mol. The van der Waals surface area contributed by atoms with Crippen molar-refractivity contribution in [3.05, 3.63) is 62.9 Å². The van der Waals surface area contributed by atoms with Gasteiger partial charge in [0.1, 0.15) is 42.7 Å². The number of aromatic nitrogens is 2. The molecule has 2 fully saturated rings. The SMILES string of the molecule is Cc1ccc(S(=O)(=O)OCC2O[C@@H](OP(=O)(O)OP(=O)(O)OCC3OC(n4ccc(=O)[nH]c4=O)[C@H](O)[C@@H]3O)C(O)[C@@H](O)[C@H]2O)cc1. The first-order valence-electron chi connectivity index (χ1n) is 13.0. The number of hydrogen-bond donors (Lipinski definition) is 8. The first kappa shape index (κ1) is 36.6. The summed E-state index contributed by atoms with van der Waals surface area (Å²) in [6.07, 6.45) is -16.5. The standard InChI is InChI=1S/C22H30N2O19P2S/c1-10-2-4-11(5-3-10)46(36,37)39-9-13-15(26)17(28)19(30)21(41-13)42-45(34,35)43-44(32,33)38-8-12-16(27)18(29)20(40-12)24-7-6-14(25)23-22(24)31/h2-7,12-13,15-21,26-30H,8-9H2,1H3,(H,32,33)(H,34,35)(H,23,25,31)/t12?,13?,15-,16+,17-,18+,19?,20?,21-/m0/s1. The van der Waals surface area contributed by atoms with Gasteiger partial charge in [0, 0.05) is 12.3 Å². The van der Waals surface area contributed by atoms with E-state index in [-0.39, 0.29) is 4.90 Å². The highest BCUT2D eigenvalue weighted by molar-refractivity contribution is 7.86. The molecule has 2 aromatic rings. The fraction of sp³-hybridized carbons (Fsp3) is 0.545. The minimum Gasteiger partial charge on any atom is -0.387 e. The van der Waals surface area contributed by atoms with E-state index in [1.807, 2.05) is 4.98 Å². The molecule has 0 amide bonds. The molecule has 46 heavy (non-hydrogen) atoms. The van der Waals surface area contributed by atoms with Crippen molar-refractivity contribution in [2.24, 2.45) is 0 Å². The molecule has 21 nitrogen and oxygen atoms in total. The number of ether oxygens (including phenoxy) is 2. The summed E-state index contributed by atoms with van der Waals surface area (Å²) in [4.78, 5) is 44.9. The summed E-state index contributed by atoms with van der Waals surface area (Å²) >= 11 is 0.